The highest BCUT2D eigenvalue weighted by Gasteiger charge is 2.23. The van der Waals surface area contributed by atoms with E-state index >= 15 is 0 Å². The van der Waals surface area contributed by atoms with E-state index in [0.29, 0.717) is 27.9 Å². The minimum Gasteiger partial charge on any atom is -0.349 e. The summed E-state index contributed by atoms with van der Waals surface area (Å²) >= 11 is 5.79. The fourth-order valence-electron chi connectivity index (χ4n) is 2.01. The van der Waals surface area contributed by atoms with E-state index in [0.717, 1.165) is 12.8 Å². The van der Waals surface area contributed by atoms with Crippen molar-refractivity contribution in [2.24, 2.45) is 0 Å². The molecule has 22 heavy (non-hydrogen) atoms. The predicted octanol–water partition coefficient (Wildman–Crippen LogP) is 3.48. The highest BCUT2D eigenvalue weighted by atomic mass is 35.5. The zero-order chi connectivity index (χ0) is 15.5. The van der Waals surface area contributed by atoms with Crippen LogP contribution in [0.1, 0.15) is 33.6 Å². The molecule has 0 radical (unpaired) electrons. The van der Waals surface area contributed by atoms with Gasteiger partial charge in [0.2, 0.25) is 0 Å². The van der Waals surface area contributed by atoms with Crippen molar-refractivity contribution < 1.29 is 9.59 Å². The number of carbonyl (C=O) groups is 2. The molecule has 0 spiro atoms. The van der Waals surface area contributed by atoms with Crippen LogP contribution in [-0.4, -0.2) is 17.9 Å². The van der Waals surface area contributed by atoms with Gasteiger partial charge in [0.1, 0.15) is 0 Å². The Morgan fingerprint density at radius 3 is 2.00 bits per heavy atom. The number of rotatable bonds is 4. The van der Waals surface area contributed by atoms with Crippen LogP contribution in [0.3, 0.4) is 0 Å². The summed E-state index contributed by atoms with van der Waals surface area (Å²) < 4.78 is 0. The largest absolute Gasteiger partial charge is 0.349 e. The molecule has 1 aliphatic rings. The summed E-state index contributed by atoms with van der Waals surface area (Å²) in [5.74, 6) is -0.287. The molecule has 5 heteroatoms. The highest BCUT2D eigenvalue weighted by molar-refractivity contribution is 6.30. The van der Waals surface area contributed by atoms with E-state index in [1.165, 1.54) is 0 Å². The van der Waals surface area contributed by atoms with Gasteiger partial charge in [-0.15, -0.1) is 0 Å². The van der Waals surface area contributed by atoms with Crippen LogP contribution in [0.4, 0.5) is 5.69 Å². The van der Waals surface area contributed by atoms with Crippen molar-refractivity contribution in [3.05, 3.63) is 64.7 Å². The topological polar surface area (TPSA) is 58.2 Å². The Hall–Kier alpha value is -2.33. The molecular formula is C17H15ClN2O2. The normalized spacial score (nSPS) is 13.5. The molecule has 0 aliphatic heterocycles. The van der Waals surface area contributed by atoms with Crippen LogP contribution >= 0.6 is 11.6 Å². The Bertz CT molecular complexity index is 692. The van der Waals surface area contributed by atoms with E-state index in [9.17, 15) is 9.59 Å². The number of hydrogen-bond donors (Lipinski definition) is 2. The summed E-state index contributed by atoms with van der Waals surface area (Å²) in [7, 11) is 0. The molecule has 1 saturated carbocycles. The van der Waals surface area contributed by atoms with Crippen LogP contribution < -0.4 is 10.6 Å². The fraction of sp³-hybridized carbons (Fsp3) is 0.176. The Kier molecular flexibility index (Phi) is 4.11. The SMILES string of the molecule is O=C(Nc1ccc(C(=O)NC2CC2)cc1)c1ccc(Cl)cc1. The van der Waals surface area contributed by atoms with Gasteiger partial charge >= 0.3 is 0 Å². The van der Waals surface area contributed by atoms with Gasteiger partial charge in [-0.2, -0.15) is 0 Å². The Morgan fingerprint density at radius 1 is 0.864 bits per heavy atom. The lowest BCUT2D eigenvalue weighted by molar-refractivity contribution is 0.0950. The van der Waals surface area contributed by atoms with Crippen molar-refractivity contribution in [3.8, 4) is 0 Å². The molecule has 112 valence electrons. The molecular weight excluding hydrogens is 300 g/mol. The van der Waals surface area contributed by atoms with Crippen LogP contribution in [0.2, 0.25) is 5.02 Å². The zero-order valence-corrected chi connectivity index (χ0v) is 12.6. The molecule has 1 aliphatic carbocycles. The maximum absolute atomic E-state index is 12.1. The first-order valence-electron chi connectivity index (χ1n) is 7.10. The molecule has 3 rings (SSSR count). The lowest BCUT2D eigenvalue weighted by atomic mass is 10.1. The maximum Gasteiger partial charge on any atom is 0.255 e. The van der Waals surface area contributed by atoms with Crippen LogP contribution in [0, 0.1) is 0 Å². The van der Waals surface area contributed by atoms with E-state index < -0.39 is 0 Å². The second-order valence-electron chi connectivity index (χ2n) is 5.29. The molecule has 2 N–H and O–H groups in total. The molecule has 1 fully saturated rings. The molecule has 0 heterocycles. The van der Waals surface area contributed by atoms with Crippen LogP contribution in [0.5, 0.6) is 0 Å². The molecule has 2 amide bonds. The third kappa shape index (κ3) is 3.65. The van der Waals surface area contributed by atoms with Gasteiger partial charge in [-0.05, 0) is 61.4 Å². The smallest absolute Gasteiger partial charge is 0.255 e. The molecule has 0 bridgehead atoms. The summed E-state index contributed by atoms with van der Waals surface area (Å²) in [5, 5.41) is 6.29. The first kappa shape index (κ1) is 14.6. The summed E-state index contributed by atoms with van der Waals surface area (Å²) in [4.78, 5) is 23.9. The fourth-order valence-corrected chi connectivity index (χ4v) is 2.13. The second kappa shape index (κ2) is 6.20. The van der Waals surface area contributed by atoms with Crippen molar-refractivity contribution in [2.45, 2.75) is 18.9 Å². The summed E-state index contributed by atoms with van der Waals surface area (Å²) in [6, 6.07) is 13.8. The maximum atomic E-state index is 12.1. The van der Waals surface area contributed by atoms with E-state index in [1.54, 1.807) is 48.5 Å². The van der Waals surface area contributed by atoms with E-state index in [1.807, 2.05) is 0 Å². The minimum atomic E-state index is -0.216. The van der Waals surface area contributed by atoms with Gasteiger partial charge in [0, 0.05) is 27.9 Å². The number of carbonyl (C=O) groups excluding carboxylic acids is 2. The Balaban J connectivity index is 1.63. The van der Waals surface area contributed by atoms with Crippen molar-refractivity contribution in [1.29, 1.82) is 0 Å². The highest BCUT2D eigenvalue weighted by Crippen LogP contribution is 2.20. The van der Waals surface area contributed by atoms with E-state index in [2.05, 4.69) is 10.6 Å². The van der Waals surface area contributed by atoms with Gasteiger partial charge in [0.25, 0.3) is 11.8 Å². The summed E-state index contributed by atoms with van der Waals surface area (Å²) in [5.41, 5.74) is 1.76. The monoisotopic (exact) mass is 314 g/mol. The zero-order valence-electron chi connectivity index (χ0n) is 11.8. The van der Waals surface area contributed by atoms with Crippen LogP contribution in [0.15, 0.2) is 48.5 Å². The number of nitrogens with one attached hydrogen (secondary N) is 2. The van der Waals surface area contributed by atoms with Gasteiger partial charge in [0.15, 0.2) is 0 Å². The second-order valence-corrected chi connectivity index (χ2v) is 5.72. The van der Waals surface area contributed by atoms with Crippen molar-refractivity contribution in [1.82, 2.24) is 5.32 Å². The van der Waals surface area contributed by atoms with Gasteiger partial charge < -0.3 is 10.6 Å². The molecule has 0 unspecified atom stereocenters. The molecule has 0 saturated heterocycles. The molecule has 4 nitrogen and oxygen atoms in total. The Morgan fingerprint density at radius 2 is 1.41 bits per heavy atom. The van der Waals surface area contributed by atoms with Gasteiger partial charge in [-0.1, -0.05) is 11.6 Å². The first-order valence-corrected chi connectivity index (χ1v) is 7.47. The number of benzene rings is 2. The third-order valence-corrected chi connectivity index (χ3v) is 3.68. The van der Waals surface area contributed by atoms with Crippen LogP contribution in [-0.2, 0) is 0 Å². The number of amides is 2. The minimum absolute atomic E-state index is 0.0712. The molecule has 0 atom stereocenters. The van der Waals surface area contributed by atoms with Crippen molar-refractivity contribution >= 4 is 29.1 Å². The van der Waals surface area contributed by atoms with Crippen molar-refractivity contribution in [2.75, 3.05) is 5.32 Å². The van der Waals surface area contributed by atoms with E-state index in [4.69, 9.17) is 11.6 Å². The average molecular weight is 315 g/mol. The van der Waals surface area contributed by atoms with Gasteiger partial charge in [-0.3, -0.25) is 9.59 Å². The van der Waals surface area contributed by atoms with Gasteiger partial charge in [-0.25, -0.2) is 0 Å². The summed E-state index contributed by atoms with van der Waals surface area (Å²) in [6.45, 7) is 0. The Labute approximate surface area is 133 Å². The number of hydrogen-bond acceptors (Lipinski definition) is 2. The lowest BCUT2D eigenvalue weighted by Crippen LogP contribution is -2.25. The first-order chi connectivity index (χ1) is 10.6. The van der Waals surface area contributed by atoms with Crippen molar-refractivity contribution in [3.63, 3.8) is 0 Å². The summed E-state index contributed by atoms with van der Waals surface area (Å²) in [6.07, 6.45) is 2.11. The number of anilines is 1. The third-order valence-electron chi connectivity index (χ3n) is 3.42. The average Bonchev–Trinajstić information content (AvgIpc) is 3.32. The van der Waals surface area contributed by atoms with Gasteiger partial charge in [0.05, 0.1) is 0 Å². The quantitative estimate of drug-likeness (QED) is 0.907. The van der Waals surface area contributed by atoms with Crippen LogP contribution in [0.25, 0.3) is 0 Å². The molecule has 2 aromatic carbocycles. The standard InChI is InChI=1S/C17H15ClN2O2/c18-13-5-1-11(2-6-13)16(21)19-14-7-3-12(4-8-14)17(22)20-15-9-10-15/h1-8,15H,9-10H2,(H,19,21)(H,20,22). The predicted molar refractivity (Wildman–Crippen MR) is 86.3 cm³/mol. The number of halogens is 1. The lowest BCUT2D eigenvalue weighted by Gasteiger charge is -2.07. The molecule has 0 aromatic heterocycles. The molecule has 2 aromatic rings. The van der Waals surface area contributed by atoms with E-state index in [-0.39, 0.29) is 11.8 Å².